The van der Waals surface area contributed by atoms with E-state index in [-0.39, 0.29) is 12.5 Å². The Bertz CT molecular complexity index is 486. The zero-order valence-corrected chi connectivity index (χ0v) is 11.3. The summed E-state index contributed by atoms with van der Waals surface area (Å²) in [6.45, 7) is 2.39. The van der Waals surface area contributed by atoms with Gasteiger partial charge in [-0.3, -0.25) is 4.79 Å². The van der Waals surface area contributed by atoms with Gasteiger partial charge in [0.1, 0.15) is 0 Å². The van der Waals surface area contributed by atoms with E-state index in [0.29, 0.717) is 19.4 Å². The van der Waals surface area contributed by atoms with Crippen LogP contribution in [0, 0.1) is 18.8 Å². The summed E-state index contributed by atoms with van der Waals surface area (Å²) in [6.07, 6.45) is 0.778. The molecule has 19 heavy (non-hydrogen) atoms. The fourth-order valence-electron chi connectivity index (χ4n) is 1.46. The standard InChI is InChI=1S/C15H19NO3/c1-12-6-7-13(5-3-4-9-17)11-14(12)16-15(18)8-10-19-2/h6-7,11,17H,4,8-10H2,1-2H3,(H,16,18). The molecule has 1 aromatic rings. The smallest absolute Gasteiger partial charge is 0.226 e. The molecule has 1 rings (SSSR count). The Kier molecular flexibility index (Phi) is 6.65. The van der Waals surface area contributed by atoms with E-state index in [2.05, 4.69) is 17.2 Å². The number of rotatable bonds is 5. The number of hydrogen-bond donors (Lipinski definition) is 2. The summed E-state index contributed by atoms with van der Waals surface area (Å²) in [5.74, 6) is 5.72. The maximum absolute atomic E-state index is 11.6. The van der Waals surface area contributed by atoms with E-state index in [1.54, 1.807) is 7.11 Å². The highest BCUT2D eigenvalue weighted by Crippen LogP contribution is 2.16. The van der Waals surface area contributed by atoms with Crippen molar-refractivity contribution in [2.24, 2.45) is 0 Å². The number of carbonyl (C=O) groups is 1. The van der Waals surface area contributed by atoms with Gasteiger partial charge in [-0.15, -0.1) is 0 Å². The predicted molar refractivity (Wildman–Crippen MR) is 74.9 cm³/mol. The number of aliphatic hydroxyl groups is 1. The van der Waals surface area contributed by atoms with Crippen LogP contribution in [0.5, 0.6) is 0 Å². The van der Waals surface area contributed by atoms with Crippen LogP contribution in [0.25, 0.3) is 0 Å². The third-order valence-electron chi connectivity index (χ3n) is 2.51. The SMILES string of the molecule is COCCC(=O)Nc1cc(C#CCCO)ccc1C. The molecular weight excluding hydrogens is 242 g/mol. The highest BCUT2D eigenvalue weighted by molar-refractivity contribution is 5.91. The average Bonchev–Trinajstić information content (AvgIpc) is 2.40. The third-order valence-corrected chi connectivity index (χ3v) is 2.51. The topological polar surface area (TPSA) is 58.6 Å². The molecular formula is C15H19NO3. The van der Waals surface area contributed by atoms with Crippen molar-refractivity contribution in [3.63, 3.8) is 0 Å². The lowest BCUT2D eigenvalue weighted by Crippen LogP contribution is -2.14. The Morgan fingerprint density at radius 1 is 1.47 bits per heavy atom. The van der Waals surface area contributed by atoms with Crippen LogP contribution in [-0.4, -0.2) is 31.3 Å². The summed E-state index contributed by atoms with van der Waals surface area (Å²) >= 11 is 0. The fraction of sp³-hybridized carbons (Fsp3) is 0.400. The first kappa shape index (κ1) is 15.2. The summed E-state index contributed by atoms with van der Waals surface area (Å²) in [4.78, 5) is 11.6. The molecule has 0 saturated heterocycles. The summed E-state index contributed by atoms with van der Waals surface area (Å²) in [7, 11) is 1.57. The molecule has 0 aliphatic heterocycles. The molecule has 0 aliphatic carbocycles. The van der Waals surface area contributed by atoms with E-state index in [9.17, 15) is 4.79 Å². The van der Waals surface area contributed by atoms with Crippen molar-refractivity contribution in [1.29, 1.82) is 0 Å². The van der Waals surface area contributed by atoms with Crippen LogP contribution in [0.2, 0.25) is 0 Å². The number of hydrogen-bond acceptors (Lipinski definition) is 3. The second-order valence-electron chi connectivity index (χ2n) is 4.10. The first-order valence-electron chi connectivity index (χ1n) is 6.16. The molecule has 0 saturated carbocycles. The van der Waals surface area contributed by atoms with Gasteiger partial charge in [0.25, 0.3) is 0 Å². The minimum atomic E-state index is -0.0783. The van der Waals surface area contributed by atoms with Crippen molar-refractivity contribution >= 4 is 11.6 Å². The molecule has 1 aromatic carbocycles. The van der Waals surface area contributed by atoms with E-state index in [1.807, 2.05) is 25.1 Å². The van der Waals surface area contributed by atoms with Crippen LogP contribution in [0.1, 0.15) is 24.0 Å². The average molecular weight is 261 g/mol. The lowest BCUT2D eigenvalue weighted by Gasteiger charge is -2.08. The normalized spacial score (nSPS) is 9.63. The molecule has 0 spiro atoms. The minimum absolute atomic E-state index is 0.0550. The van der Waals surface area contributed by atoms with Gasteiger partial charge in [0, 0.05) is 24.8 Å². The monoisotopic (exact) mass is 261 g/mol. The first-order chi connectivity index (χ1) is 9.17. The van der Waals surface area contributed by atoms with Crippen molar-refractivity contribution in [2.75, 3.05) is 25.6 Å². The maximum atomic E-state index is 11.6. The molecule has 1 amide bonds. The summed E-state index contributed by atoms with van der Waals surface area (Å²) in [5.41, 5.74) is 2.57. The van der Waals surface area contributed by atoms with Crippen molar-refractivity contribution in [1.82, 2.24) is 0 Å². The van der Waals surface area contributed by atoms with E-state index < -0.39 is 0 Å². The van der Waals surface area contributed by atoms with Gasteiger partial charge in [0.2, 0.25) is 5.91 Å². The Labute approximate surface area is 113 Å². The molecule has 0 bridgehead atoms. The quantitative estimate of drug-likeness (QED) is 0.793. The molecule has 4 nitrogen and oxygen atoms in total. The number of ether oxygens (including phenoxy) is 1. The molecule has 4 heteroatoms. The maximum Gasteiger partial charge on any atom is 0.226 e. The van der Waals surface area contributed by atoms with Gasteiger partial charge in [0.05, 0.1) is 19.6 Å². The van der Waals surface area contributed by atoms with Crippen molar-refractivity contribution in [3.05, 3.63) is 29.3 Å². The third kappa shape index (κ3) is 5.56. The van der Waals surface area contributed by atoms with Gasteiger partial charge in [-0.05, 0) is 24.6 Å². The van der Waals surface area contributed by atoms with E-state index in [0.717, 1.165) is 16.8 Å². The number of nitrogens with one attached hydrogen (secondary N) is 1. The van der Waals surface area contributed by atoms with Crippen molar-refractivity contribution in [2.45, 2.75) is 19.8 Å². The lowest BCUT2D eigenvalue weighted by atomic mass is 10.1. The number of benzene rings is 1. The zero-order chi connectivity index (χ0) is 14.1. The number of aryl methyl sites for hydroxylation is 1. The van der Waals surface area contributed by atoms with Crippen LogP contribution in [0.3, 0.4) is 0 Å². The zero-order valence-electron chi connectivity index (χ0n) is 11.3. The molecule has 102 valence electrons. The van der Waals surface area contributed by atoms with Crippen molar-refractivity contribution < 1.29 is 14.6 Å². The van der Waals surface area contributed by atoms with E-state index in [1.165, 1.54) is 0 Å². The summed E-state index contributed by atoms with van der Waals surface area (Å²) in [6, 6.07) is 5.64. The Hall–Kier alpha value is -1.83. The lowest BCUT2D eigenvalue weighted by molar-refractivity contribution is -0.117. The second kappa shape index (κ2) is 8.30. The van der Waals surface area contributed by atoms with Gasteiger partial charge in [0.15, 0.2) is 0 Å². The Morgan fingerprint density at radius 3 is 2.95 bits per heavy atom. The van der Waals surface area contributed by atoms with Gasteiger partial charge < -0.3 is 15.2 Å². The number of amides is 1. The number of methoxy groups -OCH3 is 1. The predicted octanol–water partition coefficient (Wildman–Crippen LogP) is 1.70. The minimum Gasteiger partial charge on any atom is -0.395 e. The Balaban J connectivity index is 2.75. The summed E-state index contributed by atoms with van der Waals surface area (Å²) < 4.78 is 4.86. The molecule has 0 fully saturated rings. The van der Waals surface area contributed by atoms with Crippen LogP contribution >= 0.6 is 0 Å². The molecule has 0 heterocycles. The molecule has 0 unspecified atom stereocenters. The molecule has 0 radical (unpaired) electrons. The second-order valence-corrected chi connectivity index (χ2v) is 4.10. The molecule has 0 atom stereocenters. The van der Waals surface area contributed by atoms with Crippen LogP contribution in [0.4, 0.5) is 5.69 Å². The van der Waals surface area contributed by atoms with Gasteiger partial charge >= 0.3 is 0 Å². The fourth-order valence-corrected chi connectivity index (χ4v) is 1.46. The molecule has 0 aromatic heterocycles. The van der Waals surface area contributed by atoms with Crippen LogP contribution in [-0.2, 0) is 9.53 Å². The van der Waals surface area contributed by atoms with Gasteiger partial charge in [-0.25, -0.2) is 0 Å². The van der Waals surface area contributed by atoms with Gasteiger partial charge in [-0.2, -0.15) is 0 Å². The number of anilines is 1. The highest BCUT2D eigenvalue weighted by Gasteiger charge is 2.05. The van der Waals surface area contributed by atoms with Gasteiger partial charge in [-0.1, -0.05) is 17.9 Å². The van der Waals surface area contributed by atoms with Crippen molar-refractivity contribution in [3.8, 4) is 11.8 Å². The number of carbonyl (C=O) groups excluding carboxylic acids is 1. The van der Waals surface area contributed by atoms with Crippen LogP contribution in [0.15, 0.2) is 18.2 Å². The largest absolute Gasteiger partial charge is 0.395 e. The Morgan fingerprint density at radius 2 is 2.26 bits per heavy atom. The summed E-state index contributed by atoms with van der Waals surface area (Å²) in [5, 5.41) is 11.5. The molecule has 0 aliphatic rings. The highest BCUT2D eigenvalue weighted by atomic mass is 16.5. The number of aliphatic hydroxyl groups excluding tert-OH is 1. The van der Waals surface area contributed by atoms with E-state index >= 15 is 0 Å². The molecule has 2 N–H and O–H groups in total. The van der Waals surface area contributed by atoms with E-state index in [4.69, 9.17) is 9.84 Å². The van der Waals surface area contributed by atoms with Crippen LogP contribution < -0.4 is 5.32 Å². The first-order valence-corrected chi connectivity index (χ1v) is 6.16.